The zero-order valence-corrected chi connectivity index (χ0v) is 6.57. The summed E-state index contributed by atoms with van der Waals surface area (Å²) < 4.78 is 2.23. The second-order valence-corrected chi connectivity index (χ2v) is 3.09. The molecule has 0 aromatic carbocycles. The van der Waals surface area contributed by atoms with Gasteiger partial charge in [0.25, 0.3) is 5.82 Å². The fourth-order valence-corrected chi connectivity index (χ4v) is 1.78. The Bertz CT molecular complexity index is 407. The molecule has 1 aliphatic heterocycles. The highest BCUT2D eigenvalue weighted by Crippen LogP contribution is 2.26. The maximum atomic E-state index is 3.24. The Morgan fingerprint density at radius 1 is 1.42 bits per heavy atom. The maximum Gasteiger partial charge on any atom is 0.279 e. The van der Waals surface area contributed by atoms with E-state index in [0.717, 1.165) is 0 Å². The first kappa shape index (κ1) is 6.00. The molecule has 2 heterocycles. The number of nitrogens with one attached hydrogen (secondary N) is 1. The molecular formula is C10H9N2+. The van der Waals surface area contributed by atoms with Crippen molar-refractivity contribution in [3.63, 3.8) is 0 Å². The third kappa shape index (κ3) is 0.619. The van der Waals surface area contributed by atoms with E-state index >= 15 is 0 Å². The minimum Gasteiger partial charge on any atom is -0.247 e. The van der Waals surface area contributed by atoms with Crippen molar-refractivity contribution in [1.29, 1.82) is 0 Å². The van der Waals surface area contributed by atoms with Gasteiger partial charge in [-0.1, -0.05) is 12.2 Å². The molecule has 1 aliphatic carbocycles. The summed E-state index contributed by atoms with van der Waals surface area (Å²) in [5, 5.41) is 0. The van der Waals surface area contributed by atoms with Crippen molar-refractivity contribution in [2.75, 3.05) is 0 Å². The zero-order chi connectivity index (χ0) is 7.97. The second-order valence-electron chi connectivity index (χ2n) is 3.09. The van der Waals surface area contributed by atoms with Gasteiger partial charge in [0.1, 0.15) is 6.04 Å². The van der Waals surface area contributed by atoms with Gasteiger partial charge in [-0.15, -0.1) is 0 Å². The van der Waals surface area contributed by atoms with Crippen molar-refractivity contribution >= 4 is 12.0 Å². The third-order valence-corrected chi connectivity index (χ3v) is 2.39. The van der Waals surface area contributed by atoms with Crippen LogP contribution in [0, 0.1) is 0 Å². The number of rotatable bonds is 0. The number of hydrogen-bond acceptors (Lipinski definition) is 0. The predicted molar refractivity (Wildman–Crippen MR) is 47.4 cm³/mol. The van der Waals surface area contributed by atoms with E-state index in [0.29, 0.717) is 6.04 Å². The molecule has 1 N–H and O–H groups in total. The SMILES string of the molecule is C1=CC2C(=C1)C=[NH+]c1cccn12. The fraction of sp³-hybridized carbons (Fsp3) is 0.100. The van der Waals surface area contributed by atoms with E-state index in [9.17, 15) is 0 Å². The summed E-state index contributed by atoms with van der Waals surface area (Å²) in [6, 6.07) is 4.57. The van der Waals surface area contributed by atoms with Gasteiger partial charge in [-0.05, 0) is 12.1 Å². The smallest absolute Gasteiger partial charge is 0.247 e. The monoisotopic (exact) mass is 157 g/mol. The van der Waals surface area contributed by atoms with Crippen LogP contribution >= 0.6 is 0 Å². The number of fused-ring (bicyclic) bond motifs is 3. The van der Waals surface area contributed by atoms with Gasteiger partial charge in [-0.3, -0.25) is 0 Å². The Morgan fingerprint density at radius 3 is 3.42 bits per heavy atom. The highest BCUT2D eigenvalue weighted by Gasteiger charge is 2.26. The standard InChI is InChI=1S/C10H8N2/c1-3-8-7-11-10-5-2-6-12(10)9(8)4-1/h1-7,9H/p+1. The van der Waals surface area contributed by atoms with E-state index in [1.54, 1.807) is 0 Å². The van der Waals surface area contributed by atoms with E-state index in [1.165, 1.54) is 11.4 Å². The lowest BCUT2D eigenvalue weighted by molar-refractivity contribution is -0.358. The lowest BCUT2D eigenvalue weighted by Crippen LogP contribution is -2.65. The quantitative estimate of drug-likeness (QED) is 0.559. The van der Waals surface area contributed by atoms with Crippen molar-refractivity contribution in [2.45, 2.75) is 6.04 Å². The van der Waals surface area contributed by atoms with Crippen LogP contribution in [-0.4, -0.2) is 10.8 Å². The number of aromatic nitrogens is 1. The Balaban J connectivity index is 2.26. The highest BCUT2D eigenvalue weighted by molar-refractivity contribution is 5.79. The summed E-state index contributed by atoms with van der Waals surface area (Å²) >= 11 is 0. The average molecular weight is 157 g/mol. The van der Waals surface area contributed by atoms with Gasteiger partial charge in [-0.2, -0.15) is 0 Å². The second kappa shape index (κ2) is 1.97. The van der Waals surface area contributed by atoms with Crippen molar-refractivity contribution in [1.82, 2.24) is 4.57 Å². The summed E-state index contributed by atoms with van der Waals surface area (Å²) in [5.74, 6) is 1.17. The van der Waals surface area contributed by atoms with E-state index in [1.807, 2.05) is 0 Å². The van der Waals surface area contributed by atoms with Crippen LogP contribution in [0.4, 0.5) is 5.82 Å². The molecule has 0 saturated heterocycles. The normalized spacial score (nSPS) is 23.7. The third-order valence-electron chi connectivity index (χ3n) is 2.39. The molecule has 1 unspecified atom stereocenters. The van der Waals surface area contributed by atoms with Crippen molar-refractivity contribution in [3.8, 4) is 0 Å². The van der Waals surface area contributed by atoms with Crippen LogP contribution in [0.3, 0.4) is 0 Å². The largest absolute Gasteiger partial charge is 0.279 e. The lowest BCUT2D eigenvalue weighted by Gasteiger charge is -2.11. The molecule has 0 bridgehead atoms. The molecule has 0 fully saturated rings. The van der Waals surface area contributed by atoms with Crippen molar-refractivity contribution in [3.05, 3.63) is 42.1 Å². The summed E-state index contributed by atoms with van der Waals surface area (Å²) in [6.07, 6.45) is 10.6. The molecule has 3 rings (SSSR count). The molecular weight excluding hydrogens is 148 g/mol. The van der Waals surface area contributed by atoms with Crippen LogP contribution in [0.2, 0.25) is 0 Å². The van der Waals surface area contributed by atoms with E-state index in [2.05, 4.69) is 52.3 Å². The van der Waals surface area contributed by atoms with Crippen molar-refractivity contribution in [2.24, 2.45) is 0 Å². The number of nitrogens with zero attached hydrogens (tertiary/aromatic N) is 1. The van der Waals surface area contributed by atoms with Crippen LogP contribution < -0.4 is 4.99 Å². The first-order valence-electron chi connectivity index (χ1n) is 4.10. The fourth-order valence-electron chi connectivity index (χ4n) is 1.78. The van der Waals surface area contributed by atoms with Crippen LogP contribution in [0.1, 0.15) is 6.04 Å². The zero-order valence-electron chi connectivity index (χ0n) is 6.57. The first-order valence-corrected chi connectivity index (χ1v) is 4.10. The summed E-state index contributed by atoms with van der Waals surface area (Å²) in [7, 11) is 0. The molecule has 12 heavy (non-hydrogen) atoms. The van der Waals surface area contributed by atoms with Gasteiger partial charge in [0, 0.05) is 11.6 Å². The summed E-state index contributed by atoms with van der Waals surface area (Å²) in [6.45, 7) is 0. The predicted octanol–water partition coefficient (Wildman–Crippen LogP) is 0.322. The highest BCUT2D eigenvalue weighted by atomic mass is 15.1. The molecule has 2 heteroatoms. The number of allylic oxidation sites excluding steroid dienone is 4. The Labute approximate surface area is 70.5 Å². The first-order chi connectivity index (χ1) is 5.95. The number of hydrogen-bond donors (Lipinski definition) is 1. The van der Waals surface area contributed by atoms with Crippen molar-refractivity contribution < 1.29 is 4.99 Å². The van der Waals surface area contributed by atoms with Gasteiger partial charge in [-0.25, -0.2) is 9.56 Å². The van der Waals surface area contributed by atoms with Crippen LogP contribution in [0.25, 0.3) is 0 Å². The van der Waals surface area contributed by atoms with E-state index in [-0.39, 0.29) is 0 Å². The summed E-state index contributed by atoms with van der Waals surface area (Å²) in [5.41, 5.74) is 1.33. The molecule has 0 radical (unpaired) electrons. The van der Waals surface area contributed by atoms with Gasteiger partial charge in [0.2, 0.25) is 0 Å². The minimum atomic E-state index is 0.427. The molecule has 0 spiro atoms. The molecule has 1 atom stereocenters. The molecule has 0 saturated carbocycles. The van der Waals surface area contributed by atoms with Crippen LogP contribution in [-0.2, 0) is 0 Å². The molecule has 58 valence electrons. The van der Waals surface area contributed by atoms with Crippen LogP contribution in [0.15, 0.2) is 42.1 Å². The molecule has 2 aliphatic rings. The molecule has 1 aromatic heterocycles. The summed E-state index contributed by atoms with van der Waals surface area (Å²) in [4.78, 5) is 3.24. The van der Waals surface area contributed by atoms with Gasteiger partial charge >= 0.3 is 0 Å². The molecule has 2 nitrogen and oxygen atoms in total. The Kier molecular flexibility index (Phi) is 0.987. The topological polar surface area (TPSA) is 18.9 Å². The minimum absolute atomic E-state index is 0.427. The molecule has 0 amide bonds. The lowest BCUT2D eigenvalue weighted by atomic mass is 10.1. The average Bonchev–Trinajstić information content (AvgIpc) is 2.71. The van der Waals surface area contributed by atoms with Gasteiger partial charge in [0.05, 0.1) is 12.4 Å². The van der Waals surface area contributed by atoms with Gasteiger partial charge in [0.15, 0.2) is 0 Å². The maximum absolute atomic E-state index is 3.24. The Morgan fingerprint density at radius 2 is 2.42 bits per heavy atom. The Hall–Kier alpha value is -1.57. The van der Waals surface area contributed by atoms with E-state index < -0.39 is 0 Å². The van der Waals surface area contributed by atoms with Crippen LogP contribution in [0.5, 0.6) is 0 Å². The molecule has 1 aromatic rings. The van der Waals surface area contributed by atoms with Gasteiger partial charge < -0.3 is 0 Å². The van der Waals surface area contributed by atoms with E-state index in [4.69, 9.17) is 0 Å².